The summed E-state index contributed by atoms with van der Waals surface area (Å²) in [6, 6.07) is 20.6. The van der Waals surface area contributed by atoms with Gasteiger partial charge < -0.3 is 5.32 Å². The number of rotatable bonds is 5. The number of nitrogens with one attached hydrogen (secondary N) is 1. The predicted molar refractivity (Wildman–Crippen MR) is 101 cm³/mol. The van der Waals surface area contributed by atoms with Crippen LogP contribution in [0.3, 0.4) is 0 Å². The van der Waals surface area contributed by atoms with Crippen LogP contribution in [0.1, 0.15) is 5.56 Å². The van der Waals surface area contributed by atoms with Crippen molar-refractivity contribution < 1.29 is 9.18 Å². The van der Waals surface area contributed by atoms with Crippen LogP contribution in [0, 0.1) is 5.82 Å². The monoisotopic (exact) mass is 367 g/mol. The molecule has 0 atom stereocenters. The minimum absolute atomic E-state index is 0.138. The fraction of sp³-hybridized carbons (Fsp3) is 0.0500. The van der Waals surface area contributed by atoms with Gasteiger partial charge in [-0.25, -0.2) is 4.39 Å². The first-order valence-corrected chi connectivity index (χ1v) is 8.29. The summed E-state index contributed by atoms with van der Waals surface area (Å²) in [5, 5.41) is 11.2. The molecule has 0 aromatic heterocycles. The predicted octanol–water partition coefficient (Wildman–Crippen LogP) is 6.08. The number of hydrogen-bond acceptors (Lipinski definition) is 3. The van der Waals surface area contributed by atoms with Crippen LogP contribution in [0.25, 0.3) is 0 Å². The molecule has 4 nitrogen and oxygen atoms in total. The van der Waals surface area contributed by atoms with Crippen molar-refractivity contribution >= 4 is 34.6 Å². The molecular formula is C20H15ClFN3O. The molecule has 0 aliphatic rings. The van der Waals surface area contributed by atoms with Crippen LogP contribution in [-0.4, -0.2) is 5.91 Å². The molecule has 0 spiro atoms. The van der Waals surface area contributed by atoms with Crippen molar-refractivity contribution in [3.63, 3.8) is 0 Å². The molecule has 1 N–H and O–H groups in total. The first kappa shape index (κ1) is 17.8. The first-order chi connectivity index (χ1) is 12.6. The second-order valence-electron chi connectivity index (χ2n) is 5.51. The van der Waals surface area contributed by atoms with Gasteiger partial charge in [-0.1, -0.05) is 35.9 Å². The van der Waals surface area contributed by atoms with Crippen molar-refractivity contribution in [2.75, 3.05) is 5.32 Å². The third-order valence-electron chi connectivity index (χ3n) is 3.59. The van der Waals surface area contributed by atoms with Gasteiger partial charge in [0.15, 0.2) is 0 Å². The Kier molecular flexibility index (Phi) is 5.71. The van der Waals surface area contributed by atoms with E-state index < -0.39 is 5.82 Å². The number of hydrogen-bond donors (Lipinski definition) is 1. The van der Waals surface area contributed by atoms with Crippen molar-refractivity contribution in [1.29, 1.82) is 0 Å². The number of amides is 1. The number of nitrogens with zero attached hydrogens (tertiary/aromatic N) is 2. The summed E-state index contributed by atoms with van der Waals surface area (Å²) in [6.45, 7) is 0. The van der Waals surface area contributed by atoms with Crippen molar-refractivity contribution in [2.24, 2.45) is 10.2 Å². The zero-order chi connectivity index (χ0) is 18.4. The quantitative estimate of drug-likeness (QED) is 0.546. The van der Waals surface area contributed by atoms with E-state index in [1.54, 1.807) is 30.3 Å². The van der Waals surface area contributed by atoms with E-state index in [1.807, 2.05) is 30.3 Å². The van der Waals surface area contributed by atoms with Crippen LogP contribution >= 0.6 is 11.6 Å². The fourth-order valence-corrected chi connectivity index (χ4v) is 2.52. The fourth-order valence-electron chi connectivity index (χ4n) is 2.29. The number of azo groups is 1. The number of benzene rings is 3. The summed E-state index contributed by atoms with van der Waals surface area (Å²) in [5.41, 5.74) is 2.18. The lowest BCUT2D eigenvalue weighted by Crippen LogP contribution is -2.15. The second kappa shape index (κ2) is 8.36. The summed E-state index contributed by atoms with van der Waals surface area (Å²) < 4.78 is 13.7. The third-order valence-corrected chi connectivity index (χ3v) is 3.94. The Labute approximate surface area is 155 Å². The molecule has 26 heavy (non-hydrogen) atoms. The third kappa shape index (κ3) is 4.74. The summed E-state index contributed by atoms with van der Waals surface area (Å²) in [7, 11) is 0. The standard InChI is InChI=1S/C20H15ClFN3O/c21-18-7-4-8-19(22)17(18)13-20(26)23-14-9-11-16(12-10-14)25-24-15-5-2-1-3-6-15/h1-12H,13H2,(H,23,26). The maximum atomic E-state index is 13.7. The molecule has 0 bridgehead atoms. The molecule has 3 rings (SSSR count). The van der Waals surface area contributed by atoms with E-state index in [1.165, 1.54) is 12.1 Å². The van der Waals surface area contributed by atoms with E-state index in [0.717, 1.165) is 5.69 Å². The Morgan fingerprint density at radius 1 is 0.885 bits per heavy atom. The van der Waals surface area contributed by atoms with Crippen LogP contribution in [0.5, 0.6) is 0 Å². The molecule has 0 radical (unpaired) electrons. The van der Waals surface area contributed by atoms with E-state index in [9.17, 15) is 9.18 Å². The molecule has 0 fully saturated rings. The minimum Gasteiger partial charge on any atom is -0.326 e. The van der Waals surface area contributed by atoms with Gasteiger partial charge in [0.1, 0.15) is 5.82 Å². The van der Waals surface area contributed by atoms with E-state index in [4.69, 9.17) is 11.6 Å². The van der Waals surface area contributed by atoms with Gasteiger partial charge in [-0.2, -0.15) is 10.2 Å². The molecule has 0 aliphatic carbocycles. The molecule has 6 heteroatoms. The van der Waals surface area contributed by atoms with Crippen LogP contribution in [0.4, 0.5) is 21.5 Å². The SMILES string of the molecule is O=C(Cc1c(F)cccc1Cl)Nc1ccc(N=Nc2ccccc2)cc1. The van der Waals surface area contributed by atoms with E-state index in [-0.39, 0.29) is 22.9 Å². The molecule has 0 saturated heterocycles. The Hall–Kier alpha value is -3.05. The Morgan fingerprint density at radius 3 is 2.19 bits per heavy atom. The number of anilines is 1. The van der Waals surface area contributed by atoms with Crippen molar-refractivity contribution in [3.8, 4) is 0 Å². The van der Waals surface area contributed by atoms with Gasteiger partial charge in [-0.15, -0.1) is 0 Å². The average Bonchev–Trinajstić information content (AvgIpc) is 2.65. The molecule has 0 heterocycles. The van der Waals surface area contributed by atoms with E-state index in [2.05, 4.69) is 15.5 Å². The lowest BCUT2D eigenvalue weighted by atomic mass is 10.1. The highest BCUT2D eigenvalue weighted by atomic mass is 35.5. The minimum atomic E-state index is -0.496. The van der Waals surface area contributed by atoms with Crippen molar-refractivity contribution in [1.82, 2.24) is 0 Å². The molecule has 0 saturated carbocycles. The van der Waals surface area contributed by atoms with Gasteiger partial charge in [0.2, 0.25) is 5.91 Å². The Morgan fingerprint density at radius 2 is 1.54 bits per heavy atom. The zero-order valence-corrected chi connectivity index (χ0v) is 14.4. The molecule has 0 unspecified atom stereocenters. The maximum Gasteiger partial charge on any atom is 0.228 e. The van der Waals surface area contributed by atoms with Gasteiger partial charge in [-0.3, -0.25) is 4.79 Å². The molecule has 3 aromatic carbocycles. The molecule has 130 valence electrons. The zero-order valence-electron chi connectivity index (χ0n) is 13.7. The maximum absolute atomic E-state index is 13.7. The lowest BCUT2D eigenvalue weighted by Gasteiger charge is -2.07. The van der Waals surface area contributed by atoms with Crippen LogP contribution in [0.15, 0.2) is 83.0 Å². The highest BCUT2D eigenvalue weighted by Crippen LogP contribution is 2.22. The van der Waals surface area contributed by atoms with Crippen LogP contribution < -0.4 is 5.32 Å². The summed E-state index contributed by atoms with van der Waals surface area (Å²) >= 11 is 5.94. The average molecular weight is 368 g/mol. The summed E-state index contributed by atoms with van der Waals surface area (Å²) in [6.07, 6.45) is -0.138. The molecular weight excluding hydrogens is 353 g/mol. The first-order valence-electron chi connectivity index (χ1n) is 7.91. The van der Waals surface area contributed by atoms with E-state index in [0.29, 0.717) is 11.4 Å². The van der Waals surface area contributed by atoms with E-state index >= 15 is 0 Å². The van der Waals surface area contributed by atoms with Gasteiger partial charge in [0, 0.05) is 16.3 Å². The second-order valence-corrected chi connectivity index (χ2v) is 5.91. The molecule has 1 amide bonds. The van der Waals surface area contributed by atoms with Gasteiger partial charge in [-0.05, 0) is 48.5 Å². The number of carbonyl (C=O) groups excluding carboxylic acids is 1. The lowest BCUT2D eigenvalue weighted by molar-refractivity contribution is -0.115. The Balaban J connectivity index is 1.62. The summed E-state index contributed by atoms with van der Waals surface area (Å²) in [5.74, 6) is -0.847. The van der Waals surface area contributed by atoms with Crippen molar-refractivity contribution in [2.45, 2.75) is 6.42 Å². The van der Waals surface area contributed by atoms with Gasteiger partial charge in [0.05, 0.1) is 17.8 Å². The smallest absolute Gasteiger partial charge is 0.228 e. The number of halogens is 2. The molecule has 0 aliphatic heterocycles. The van der Waals surface area contributed by atoms with Crippen LogP contribution in [0.2, 0.25) is 5.02 Å². The highest BCUT2D eigenvalue weighted by molar-refractivity contribution is 6.31. The molecule has 3 aromatic rings. The number of carbonyl (C=O) groups is 1. The summed E-state index contributed by atoms with van der Waals surface area (Å²) in [4.78, 5) is 12.1. The topological polar surface area (TPSA) is 53.8 Å². The highest BCUT2D eigenvalue weighted by Gasteiger charge is 2.12. The largest absolute Gasteiger partial charge is 0.326 e. The van der Waals surface area contributed by atoms with Crippen molar-refractivity contribution in [3.05, 3.63) is 89.2 Å². The Bertz CT molecular complexity index is 907. The van der Waals surface area contributed by atoms with Crippen LogP contribution in [-0.2, 0) is 11.2 Å². The van der Waals surface area contributed by atoms with Gasteiger partial charge >= 0.3 is 0 Å². The van der Waals surface area contributed by atoms with Gasteiger partial charge in [0.25, 0.3) is 0 Å². The normalized spacial score (nSPS) is 10.8.